The van der Waals surface area contributed by atoms with Gasteiger partial charge in [-0.3, -0.25) is 19.3 Å². The van der Waals surface area contributed by atoms with Crippen LogP contribution < -0.4 is 5.32 Å². The molecule has 3 amide bonds. The summed E-state index contributed by atoms with van der Waals surface area (Å²) in [6, 6.07) is 13.4. The van der Waals surface area contributed by atoms with Crippen molar-refractivity contribution < 1.29 is 14.4 Å². The minimum absolute atomic E-state index is 0.160. The lowest BCUT2D eigenvalue weighted by molar-refractivity contribution is -0.143. The van der Waals surface area contributed by atoms with Gasteiger partial charge in [0.25, 0.3) is 0 Å². The third kappa shape index (κ3) is 2.13. The van der Waals surface area contributed by atoms with Gasteiger partial charge < -0.3 is 5.32 Å². The number of nitrogens with one attached hydrogen (secondary N) is 1. The molecule has 130 valence electrons. The maximum atomic E-state index is 12.7. The van der Waals surface area contributed by atoms with Gasteiger partial charge >= 0.3 is 0 Å². The number of carbonyl (C=O) groups excluding carboxylic acids is 3. The highest BCUT2D eigenvalue weighted by Gasteiger charge is 2.59. The summed E-state index contributed by atoms with van der Waals surface area (Å²) >= 11 is 0. The van der Waals surface area contributed by atoms with E-state index in [2.05, 4.69) is 17.5 Å². The first kappa shape index (κ1) is 15.3. The topological polar surface area (TPSA) is 66.5 Å². The lowest BCUT2D eigenvalue weighted by atomic mass is 9.85. The fourth-order valence-electron chi connectivity index (χ4n) is 4.79. The Morgan fingerprint density at radius 3 is 2.35 bits per heavy atom. The van der Waals surface area contributed by atoms with Crippen LogP contribution in [-0.4, -0.2) is 29.2 Å². The van der Waals surface area contributed by atoms with E-state index in [0.717, 1.165) is 22.1 Å². The zero-order valence-electron chi connectivity index (χ0n) is 14.1. The number of carbonyl (C=O) groups is 3. The van der Waals surface area contributed by atoms with Crippen LogP contribution in [0, 0.1) is 23.7 Å². The summed E-state index contributed by atoms with van der Waals surface area (Å²) in [4.78, 5) is 39.0. The smallest absolute Gasteiger partial charge is 0.244 e. The Bertz CT molecular complexity index is 945. The van der Waals surface area contributed by atoms with Gasteiger partial charge in [-0.1, -0.05) is 48.6 Å². The highest BCUT2D eigenvalue weighted by atomic mass is 16.2. The minimum Gasteiger partial charge on any atom is -0.324 e. The lowest BCUT2D eigenvalue weighted by Crippen LogP contribution is -2.39. The molecule has 2 aromatic carbocycles. The van der Waals surface area contributed by atoms with Gasteiger partial charge in [-0.05, 0) is 29.7 Å². The normalized spacial score (nSPS) is 28.8. The Morgan fingerprint density at radius 1 is 0.962 bits per heavy atom. The molecule has 0 unspecified atom stereocenters. The molecular formula is C21H18N2O3. The quantitative estimate of drug-likeness (QED) is 0.686. The Hall–Kier alpha value is -2.95. The highest BCUT2D eigenvalue weighted by molar-refractivity contribution is 6.10. The molecule has 2 bridgehead atoms. The minimum atomic E-state index is -0.344. The Kier molecular flexibility index (Phi) is 3.26. The largest absolute Gasteiger partial charge is 0.324 e. The van der Waals surface area contributed by atoms with Crippen LogP contribution in [0.4, 0.5) is 5.69 Å². The molecule has 3 aliphatic rings. The molecule has 4 atom stereocenters. The van der Waals surface area contributed by atoms with Gasteiger partial charge in [0.05, 0.1) is 11.8 Å². The number of nitrogens with zero attached hydrogens (tertiary/aromatic N) is 1. The number of imide groups is 1. The first-order chi connectivity index (χ1) is 12.6. The number of fused-ring (bicyclic) bond motifs is 6. The standard InChI is InChI=1S/C21H18N2O3/c24-17(22-16-7-3-5-12-4-1-2-6-15(12)16)11-23-20(25)18-13-8-9-14(10-13)19(18)21(23)26/h1-9,13-14,18-19H,10-11H2,(H,22,24)/t13-,14-,18+,19+/m0/s1. The number of likely N-dealkylation sites (tertiary alicyclic amines) is 1. The SMILES string of the molecule is O=C(CN1C(=O)[C@H]2[C@H](C1=O)[C@H]1C=C[C@H]2C1)Nc1cccc2ccccc12. The van der Waals surface area contributed by atoms with Crippen LogP contribution in [0.5, 0.6) is 0 Å². The number of anilines is 1. The van der Waals surface area contributed by atoms with E-state index in [9.17, 15) is 14.4 Å². The van der Waals surface area contributed by atoms with Gasteiger partial charge in [0.15, 0.2) is 0 Å². The Labute approximate surface area is 150 Å². The molecule has 1 aliphatic heterocycles. The van der Waals surface area contributed by atoms with Gasteiger partial charge in [0.1, 0.15) is 6.54 Å². The second-order valence-electron chi connectivity index (χ2n) is 7.34. The molecule has 1 saturated heterocycles. The number of hydrogen-bond donors (Lipinski definition) is 1. The molecule has 0 aromatic heterocycles. The van der Waals surface area contributed by atoms with Crippen molar-refractivity contribution in [3.63, 3.8) is 0 Å². The summed E-state index contributed by atoms with van der Waals surface area (Å²) < 4.78 is 0. The maximum Gasteiger partial charge on any atom is 0.244 e. The lowest BCUT2D eigenvalue weighted by Gasteiger charge is -2.17. The van der Waals surface area contributed by atoms with E-state index >= 15 is 0 Å². The molecule has 0 spiro atoms. The van der Waals surface area contributed by atoms with Gasteiger partial charge in [0, 0.05) is 11.1 Å². The fraction of sp³-hybridized carbons (Fsp3) is 0.286. The predicted octanol–water partition coefficient (Wildman–Crippen LogP) is 2.59. The number of hydrogen-bond acceptors (Lipinski definition) is 3. The van der Waals surface area contributed by atoms with Crippen molar-refractivity contribution in [1.82, 2.24) is 4.90 Å². The maximum absolute atomic E-state index is 12.7. The van der Waals surface area contributed by atoms with Gasteiger partial charge in [-0.15, -0.1) is 0 Å². The van der Waals surface area contributed by atoms with E-state index in [-0.39, 0.29) is 47.9 Å². The zero-order chi connectivity index (χ0) is 17.8. The number of benzene rings is 2. The van der Waals surface area contributed by atoms with E-state index in [4.69, 9.17) is 0 Å². The number of rotatable bonds is 3. The van der Waals surface area contributed by atoms with Crippen molar-refractivity contribution in [3.05, 3.63) is 54.6 Å². The average molecular weight is 346 g/mol. The first-order valence-electron chi connectivity index (χ1n) is 8.94. The summed E-state index contributed by atoms with van der Waals surface area (Å²) in [5.74, 6) is -0.927. The number of allylic oxidation sites excluding steroid dienone is 2. The van der Waals surface area contributed by atoms with Crippen molar-refractivity contribution in [3.8, 4) is 0 Å². The highest BCUT2D eigenvalue weighted by Crippen LogP contribution is 2.52. The Morgan fingerprint density at radius 2 is 1.62 bits per heavy atom. The third-order valence-electron chi connectivity index (χ3n) is 5.93. The van der Waals surface area contributed by atoms with E-state index in [1.54, 1.807) is 0 Å². The number of amides is 3. The van der Waals surface area contributed by atoms with Crippen LogP contribution in [0.15, 0.2) is 54.6 Å². The van der Waals surface area contributed by atoms with Gasteiger partial charge in [0.2, 0.25) is 17.7 Å². The first-order valence-corrected chi connectivity index (χ1v) is 8.94. The third-order valence-corrected chi connectivity index (χ3v) is 5.93. The van der Waals surface area contributed by atoms with Crippen LogP contribution >= 0.6 is 0 Å². The van der Waals surface area contributed by atoms with E-state index in [1.807, 2.05) is 42.5 Å². The van der Waals surface area contributed by atoms with Crippen LogP contribution in [0.25, 0.3) is 10.8 Å². The molecule has 1 saturated carbocycles. The van der Waals surface area contributed by atoms with Crippen molar-refractivity contribution in [2.24, 2.45) is 23.7 Å². The molecule has 26 heavy (non-hydrogen) atoms. The summed E-state index contributed by atoms with van der Waals surface area (Å²) in [6.45, 7) is -0.215. The molecule has 1 N–H and O–H groups in total. The zero-order valence-corrected chi connectivity index (χ0v) is 14.1. The summed E-state index contributed by atoms with van der Waals surface area (Å²) in [6.07, 6.45) is 5.00. The summed E-state index contributed by atoms with van der Waals surface area (Å²) in [7, 11) is 0. The van der Waals surface area contributed by atoms with Crippen molar-refractivity contribution in [1.29, 1.82) is 0 Å². The molecule has 5 heteroatoms. The molecule has 2 fully saturated rings. The Balaban J connectivity index is 1.35. The molecule has 2 aliphatic carbocycles. The summed E-state index contributed by atoms with van der Waals surface area (Å²) in [5.41, 5.74) is 0.689. The van der Waals surface area contributed by atoms with Gasteiger partial charge in [-0.25, -0.2) is 0 Å². The molecule has 5 rings (SSSR count). The van der Waals surface area contributed by atoms with Gasteiger partial charge in [-0.2, -0.15) is 0 Å². The second kappa shape index (κ2) is 5.53. The van der Waals surface area contributed by atoms with Crippen LogP contribution in [-0.2, 0) is 14.4 Å². The molecule has 2 aromatic rings. The van der Waals surface area contributed by atoms with Crippen molar-refractivity contribution >= 4 is 34.2 Å². The van der Waals surface area contributed by atoms with E-state index < -0.39 is 0 Å². The molecule has 1 heterocycles. The fourth-order valence-corrected chi connectivity index (χ4v) is 4.79. The van der Waals surface area contributed by atoms with E-state index in [1.165, 1.54) is 0 Å². The van der Waals surface area contributed by atoms with Crippen LogP contribution in [0.2, 0.25) is 0 Å². The van der Waals surface area contributed by atoms with Crippen molar-refractivity contribution in [2.75, 3.05) is 11.9 Å². The van der Waals surface area contributed by atoms with Crippen LogP contribution in [0.3, 0.4) is 0 Å². The van der Waals surface area contributed by atoms with E-state index in [0.29, 0.717) is 5.69 Å². The predicted molar refractivity (Wildman–Crippen MR) is 97.0 cm³/mol. The summed E-state index contributed by atoms with van der Waals surface area (Å²) in [5, 5.41) is 4.81. The van der Waals surface area contributed by atoms with Crippen LogP contribution in [0.1, 0.15) is 6.42 Å². The molecule has 5 nitrogen and oxygen atoms in total. The van der Waals surface area contributed by atoms with Crippen molar-refractivity contribution in [2.45, 2.75) is 6.42 Å². The monoisotopic (exact) mass is 346 g/mol. The molecular weight excluding hydrogens is 328 g/mol. The second-order valence-corrected chi connectivity index (χ2v) is 7.34. The average Bonchev–Trinajstić information content (AvgIpc) is 3.32. The molecule has 0 radical (unpaired) electrons.